The van der Waals surface area contributed by atoms with Gasteiger partial charge in [0.1, 0.15) is 0 Å². The third-order valence-electron chi connectivity index (χ3n) is 6.46. The minimum Gasteiger partial charge on any atom is -0.378 e. The summed E-state index contributed by atoms with van der Waals surface area (Å²) in [6, 6.07) is 16.9. The molecule has 1 unspecified atom stereocenters. The number of hydrogen-bond acceptors (Lipinski definition) is 6. The van der Waals surface area contributed by atoms with Gasteiger partial charge in [-0.05, 0) is 66.2 Å². The molecule has 1 saturated heterocycles. The molecular formula is C28H31N5O3S. The Morgan fingerprint density at radius 2 is 1.81 bits per heavy atom. The summed E-state index contributed by atoms with van der Waals surface area (Å²) >= 11 is 1.64. The van der Waals surface area contributed by atoms with E-state index in [-0.39, 0.29) is 17.9 Å². The van der Waals surface area contributed by atoms with E-state index in [1.165, 1.54) is 0 Å². The number of thiophene rings is 1. The fourth-order valence-corrected chi connectivity index (χ4v) is 5.31. The smallest absolute Gasteiger partial charge is 0.256 e. The van der Waals surface area contributed by atoms with Gasteiger partial charge in [0, 0.05) is 40.2 Å². The summed E-state index contributed by atoms with van der Waals surface area (Å²) in [6.45, 7) is 7.39. The molecule has 5 rings (SSSR count). The number of fused-ring (bicyclic) bond motifs is 1. The number of nitrogens with zero attached hydrogens (tertiary/aromatic N) is 2. The molecule has 3 heterocycles. The number of hydrogen-bond donors (Lipinski definition) is 3. The number of amides is 2. The molecule has 37 heavy (non-hydrogen) atoms. The van der Waals surface area contributed by atoms with E-state index in [1.807, 2.05) is 41.8 Å². The molecule has 1 atom stereocenters. The number of carbonyl (C=O) groups is 2. The zero-order chi connectivity index (χ0) is 25.8. The summed E-state index contributed by atoms with van der Waals surface area (Å²) in [5.74, 6) is 0.419. The van der Waals surface area contributed by atoms with Crippen molar-refractivity contribution in [1.29, 1.82) is 0 Å². The number of morpholine rings is 1. The molecule has 2 aromatic carbocycles. The fourth-order valence-electron chi connectivity index (χ4n) is 4.52. The van der Waals surface area contributed by atoms with Crippen LogP contribution in [0.2, 0.25) is 0 Å². The van der Waals surface area contributed by atoms with Gasteiger partial charge in [0.2, 0.25) is 0 Å². The number of rotatable bonds is 8. The van der Waals surface area contributed by atoms with E-state index in [9.17, 15) is 9.59 Å². The number of aromatic amines is 1. The van der Waals surface area contributed by atoms with Crippen LogP contribution in [0.15, 0.2) is 60.0 Å². The maximum Gasteiger partial charge on any atom is 0.256 e. The largest absolute Gasteiger partial charge is 0.378 e. The quantitative estimate of drug-likeness (QED) is 0.297. The lowest BCUT2D eigenvalue weighted by atomic mass is 10.0. The van der Waals surface area contributed by atoms with Gasteiger partial charge in [-0.15, -0.1) is 11.3 Å². The summed E-state index contributed by atoms with van der Waals surface area (Å²) in [5, 5.41) is 16.0. The predicted molar refractivity (Wildman–Crippen MR) is 148 cm³/mol. The lowest BCUT2D eigenvalue weighted by Crippen LogP contribution is -2.36. The lowest BCUT2D eigenvalue weighted by molar-refractivity contribution is 0.0932. The van der Waals surface area contributed by atoms with Crippen LogP contribution in [0, 0.1) is 5.92 Å². The molecule has 0 bridgehead atoms. The van der Waals surface area contributed by atoms with Crippen molar-refractivity contribution in [2.75, 3.05) is 36.5 Å². The van der Waals surface area contributed by atoms with E-state index < -0.39 is 0 Å². The Balaban J connectivity index is 1.30. The molecule has 2 amide bonds. The van der Waals surface area contributed by atoms with E-state index in [0.717, 1.165) is 35.6 Å². The van der Waals surface area contributed by atoms with E-state index >= 15 is 0 Å². The molecule has 4 aromatic rings. The fraction of sp³-hybridized carbons (Fsp3) is 0.321. The van der Waals surface area contributed by atoms with Crippen LogP contribution < -0.4 is 15.5 Å². The molecule has 0 aliphatic carbocycles. The zero-order valence-corrected chi connectivity index (χ0v) is 21.8. The molecule has 0 radical (unpaired) electrons. The van der Waals surface area contributed by atoms with Crippen molar-refractivity contribution < 1.29 is 14.3 Å². The number of anilines is 2. The average molecular weight is 518 g/mol. The minimum absolute atomic E-state index is 0.0489. The molecule has 0 spiro atoms. The first-order chi connectivity index (χ1) is 18.0. The monoisotopic (exact) mass is 517 g/mol. The second kappa shape index (κ2) is 11.1. The van der Waals surface area contributed by atoms with Gasteiger partial charge >= 0.3 is 0 Å². The summed E-state index contributed by atoms with van der Waals surface area (Å²) in [5.41, 5.74) is 2.87. The van der Waals surface area contributed by atoms with Crippen molar-refractivity contribution in [3.8, 4) is 0 Å². The van der Waals surface area contributed by atoms with Gasteiger partial charge in [-0.3, -0.25) is 14.7 Å². The highest BCUT2D eigenvalue weighted by atomic mass is 32.1. The molecule has 8 nitrogen and oxygen atoms in total. The van der Waals surface area contributed by atoms with Crippen molar-refractivity contribution in [3.63, 3.8) is 0 Å². The van der Waals surface area contributed by atoms with Gasteiger partial charge in [0.25, 0.3) is 11.8 Å². The highest BCUT2D eigenvalue weighted by Gasteiger charge is 2.20. The van der Waals surface area contributed by atoms with Crippen molar-refractivity contribution >= 4 is 45.6 Å². The van der Waals surface area contributed by atoms with Crippen molar-refractivity contribution in [3.05, 3.63) is 76.0 Å². The van der Waals surface area contributed by atoms with Crippen LogP contribution in [-0.4, -0.2) is 48.3 Å². The Kier molecular flexibility index (Phi) is 7.52. The number of aromatic nitrogens is 2. The van der Waals surface area contributed by atoms with Crippen LogP contribution in [0.4, 0.5) is 11.5 Å². The van der Waals surface area contributed by atoms with Gasteiger partial charge < -0.3 is 20.3 Å². The normalized spacial score (nSPS) is 14.6. The standard InChI is InChI=1S/C28H31N5O3S/c1-18(2)16-24(25-4-3-15-37-25)29-28(35)20-7-10-23-22(17-20)26(32-31-23)30-27(34)19-5-8-21(9-6-19)33-11-13-36-14-12-33/h3-10,15,17-18,24H,11-14,16H2,1-2H3,(H,29,35)(H2,30,31,32,34). The first kappa shape index (κ1) is 25.0. The van der Waals surface area contributed by atoms with E-state index in [4.69, 9.17) is 4.74 Å². The molecule has 3 N–H and O–H groups in total. The molecule has 0 saturated carbocycles. The number of carbonyl (C=O) groups excluding carboxylic acids is 2. The van der Waals surface area contributed by atoms with Gasteiger partial charge in [-0.25, -0.2) is 0 Å². The maximum absolute atomic E-state index is 13.2. The second-order valence-corrected chi connectivity index (χ2v) is 10.6. The highest BCUT2D eigenvalue weighted by Crippen LogP contribution is 2.27. The lowest BCUT2D eigenvalue weighted by Gasteiger charge is -2.28. The van der Waals surface area contributed by atoms with Crippen LogP contribution in [-0.2, 0) is 4.74 Å². The summed E-state index contributed by atoms with van der Waals surface area (Å²) in [4.78, 5) is 29.5. The number of benzene rings is 2. The first-order valence-corrected chi connectivity index (χ1v) is 13.4. The van der Waals surface area contributed by atoms with Crippen LogP contribution in [0.1, 0.15) is 51.9 Å². The summed E-state index contributed by atoms with van der Waals surface area (Å²) in [6.07, 6.45) is 0.853. The molecule has 9 heteroatoms. The molecule has 1 aliphatic rings. The van der Waals surface area contributed by atoms with E-state index in [0.29, 0.717) is 41.5 Å². The predicted octanol–water partition coefficient (Wildman–Crippen LogP) is 5.23. The number of ether oxygens (including phenoxy) is 1. The van der Waals surface area contributed by atoms with E-state index in [1.54, 1.807) is 23.5 Å². The van der Waals surface area contributed by atoms with Crippen molar-refractivity contribution in [2.45, 2.75) is 26.3 Å². The summed E-state index contributed by atoms with van der Waals surface area (Å²) < 4.78 is 5.41. The van der Waals surface area contributed by atoms with Gasteiger partial charge in [0.15, 0.2) is 5.82 Å². The van der Waals surface area contributed by atoms with Crippen LogP contribution >= 0.6 is 11.3 Å². The highest BCUT2D eigenvalue weighted by molar-refractivity contribution is 7.10. The average Bonchev–Trinajstić information content (AvgIpc) is 3.59. The van der Waals surface area contributed by atoms with Gasteiger partial charge in [-0.1, -0.05) is 19.9 Å². The Hall–Kier alpha value is -3.69. The molecular weight excluding hydrogens is 486 g/mol. The maximum atomic E-state index is 13.2. The zero-order valence-electron chi connectivity index (χ0n) is 21.0. The van der Waals surface area contributed by atoms with Crippen LogP contribution in [0.3, 0.4) is 0 Å². The SMILES string of the molecule is CC(C)CC(NC(=O)c1ccc2[nH]nc(NC(=O)c3ccc(N4CCOCC4)cc3)c2c1)c1cccs1. The molecule has 192 valence electrons. The Morgan fingerprint density at radius 1 is 1.05 bits per heavy atom. The van der Waals surface area contributed by atoms with Crippen molar-refractivity contribution in [1.82, 2.24) is 15.5 Å². The first-order valence-electron chi connectivity index (χ1n) is 12.5. The second-order valence-electron chi connectivity index (χ2n) is 9.60. The Morgan fingerprint density at radius 3 is 2.51 bits per heavy atom. The number of nitrogens with one attached hydrogen (secondary N) is 3. The third kappa shape index (κ3) is 5.84. The Labute approximate surface area is 220 Å². The Bertz CT molecular complexity index is 1360. The number of H-pyrrole nitrogens is 1. The van der Waals surface area contributed by atoms with Crippen LogP contribution in [0.5, 0.6) is 0 Å². The molecule has 1 aliphatic heterocycles. The van der Waals surface area contributed by atoms with Gasteiger partial charge in [0.05, 0.1) is 24.8 Å². The summed E-state index contributed by atoms with van der Waals surface area (Å²) in [7, 11) is 0. The topological polar surface area (TPSA) is 99.3 Å². The van der Waals surface area contributed by atoms with Gasteiger partial charge in [-0.2, -0.15) is 5.10 Å². The molecule has 2 aromatic heterocycles. The van der Waals surface area contributed by atoms with E-state index in [2.05, 4.69) is 45.6 Å². The third-order valence-corrected chi connectivity index (χ3v) is 7.45. The van der Waals surface area contributed by atoms with Crippen molar-refractivity contribution in [2.24, 2.45) is 5.92 Å². The van der Waals surface area contributed by atoms with Crippen LogP contribution in [0.25, 0.3) is 10.9 Å². The minimum atomic E-state index is -0.258. The molecule has 1 fully saturated rings.